The normalized spacial score (nSPS) is 11.7. The van der Waals surface area contributed by atoms with Crippen molar-refractivity contribution >= 4 is 38.9 Å². The van der Waals surface area contributed by atoms with Crippen molar-refractivity contribution in [1.29, 1.82) is 0 Å². The molecule has 0 bridgehead atoms. The maximum absolute atomic E-state index is 13.2. The molecule has 0 spiro atoms. The van der Waals surface area contributed by atoms with Gasteiger partial charge in [0.25, 0.3) is 0 Å². The molecule has 5 nitrogen and oxygen atoms in total. The van der Waals surface area contributed by atoms with Crippen molar-refractivity contribution in [3.63, 3.8) is 0 Å². The molecule has 1 aromatic heterocycles. The first kappa shape index (κ1) is 27.7. The molecule has 2 aromatic rings. The van der Waals surface area contributed by atoms with Crippen molar-refractivity contribution in [3.8, 4) is 5.75 Å². The summed E-state index contributed by atoms with van der Waals surface area (Å²) in [6, 6.07) is 5.79. The van der Waals surface area contributed by atoms with Gasteiger partial charge in [-0.05, 0) is 0 Å². The van der Waals surface area contributed by atoms with E-state index in [4.69, 9.17) is 13.9 Å². The Kier molecular flexibility index (Phi) is 11.8. The Morgan fingerprint density at radius 2 is 1.55 bits per heavy atom. The number of benzene rings is 1. The molecule has 184 valence electrons. The first-order valence-corrected chi connectivity index (χ1v) is 20.1. The summed E-state index contributed by atoms with van der Waals surface area (Å²) >= 11 is -2.80. The summed E-state index contributed by atoms with van der Waals surface area (Å²) in [7, 11) is 3.08. The van der Waals surface area contributed by atoms with Crippen LogP contribution in [0.3, 0.4) is 0 Å². The third-order valence-electron chi connectivity index (χ3n) is 6.73. The zero-order valence-electron chi connectivity index (χ0n) is 21.3. The van der Waals surface area contributed by atoms with E-state index in [-0.39, 0.29) is 11.4 Å². The van der Waals surface area contributed by atoms with Gasteiger partial charge in [-0.15, -0.1) is 0 Å². The van der Waals surface area contributed by atoms with Crippen molar-refractivity contribution in [2.75, 3.05) is 14.2 Å². The molecule has 0 amide bonds. The fraction of sp³-hybridized carbons (Fsp3) is 0.630. The molecule has 0 saturated carbocycles. The number of carbonyl (C=O) groups excluding carboxylic acids is 1. The van der Waals surface area contributed by atoms with Gasteiger partial charge >= 0.3 is 204 Å². The summed E-state index contributed by atoms with van der Waals surface area (Å²) in [4.78, 5) is 24.6. The Labute approximate surface area is 203 Å². The molecule has 6 heteroatoms. The van der Waals surface area contributed by atoms with Crippen LogP contribution in [0.15, 0.2) is 27.4 Å². The van der Waals surface area contributed by atoms with Crippen LogP contribution in [0.4, 0.5) is 0 Å². The fourth-order valence-electron chi connectivity index (χ4n) is 4.86. The van der Waals surface area contributed by atoms with Gasteiger partial charge in [-0.1, -0.05) is 0 Å². The molecule has 0 saturated heterocycles. The van der Waals surface area contributed by atoms with Crippen LogP contribution >= 0.6 is 0 Å². The van der Waals surface area contributed by atoms with E-state index in [0.29, 0.717) is 36.0 Å². The van der Waals surface area contributed by atoms with Crippen molar-refractivity contribution in [1.82, 2.24) is 0 Å². The SMILES string of the molecule is CCC[CH2][Sn]([CH2]CCC)([CH2]CCC)[c]1ccc2oc(CCCC(=O)OC)cc(=O)c2c1OC. The molecule has 33 heavy (non-hydrogen) atoms. The predicted molar refractivity (Wildman–Crippen MR) is 139 cm³/mol. The van der Waals surface area contributed by atoms with Crippen molar-refractivity contribution < 1.29 is 18.7 Å². The first-order valence-electron chi connectivity index (χ1n) is 12.7. The monoisotopic (exact) mass is 566 g/mol. The van der Waals surface area contributed by atoms with Gasteiger partial charge in [0.15, 0.2) is 0 Å². The van der Waals surface area contributed by atoms with E-state index in [9.17, 15) is 9.59 Å². The van der Waals surface area contributed by atoms with Gasteiger partial charge in [-0.2, -0.15) is 0 Å². The van der Waals surface area contributed by atoms with E-state index in [2.05, 4.69) is 26.8 Å². The van der Waals surface area contributed by atoms with Crippen molar-refractivity contribution in [2.45, 2.75) is 91.9 Å². The Morgan fingerprint density at radius 3 is 2.06 bits per heavy atom. The summed E-state index contributed by atoms with van der Waals surface area (Å²) in [5.74, 6) is 1.12. The number of carbonyl (C=O) groups is 1. The number of fused-ring (bicyclic) bond motifs is 1. The van der Waals surface area contributed by atoms with Crippen LogP contribution in [0.1, 0.15) is 77.9 Å². The van der Waals surface area contributed by atoms with E-state index >= 15 is 0 Å². The number of rotatable bonds is 15. The molecule has 2 rings (SSSR count). The molecule has 0 radical (unpaired) electrons. The Balaban J connectivity index is 2.55. The first-order chi connectivity index (χ1) is 16.0. The van der Waals surface area contributed by atoms with Gasteiger partial charge < -0.3 is 0 Å². The Hall–Kier alpha value is -1.50. The Bertz CT molecular complexity index is 928. The maximum atomic E-state index is 13.2. The van der Waals surface area contributed by atoms with Crippen LogP contribution in [-0.2, 0) is 16.0 Å². The molecular weight excluding hydrogens is 523 g/mol. The molecule has 0 N–H and O–H groups in total. The molecule has 0 aliphatic heterocycles. The second-order valence-corrected chi connectivity index (χ2v) is 22.2. The minimum absolute atomic E-state index is 0.0512. The van der Waals surface area contributed by atoms with E-state index in [0.717, 1.165) is 5.75 Å². The van der Waals surface area contributed by atoms with E-state index in [1.165, 1.54) is 62.5 Å². The molecule has 0 atom stereocenters. The van der Waals surface area contributed by atoms with Crippen LogP contribution < -0.4 is 13.7 Å². The standard InChI is InChI=1S/C15H15O5.3C4H9.Sn/c1-18-12-6-4-7-13-15(12)11(16)9-10(20-13)5-3-8-14(17)19-2;3*1-3-4-2;/h4,7,9H,3,5,8H2,1-2H3;3*1,3-4H2,2H3;. The van der Waals surface area contributed by atoms with Gasteiger partial charge in [-0.25, -0.2) is 0 Å². The molecule has 1 aromatic carbocycles. The van der Waals surface area contributed by atoms with E-state index in [1.54, 1.807) is 13.2 Å². The van der Waals surface area contributed by atoms with Crippen LogP contribution in [0.5, 0.6) is 5.75 Å². The fourth-order valence-corrected chi connectivity index (χ4v) is 21.4. The van der Waals surface area contributed by atoms with Gasteiger partial charge in [0, 0.05) is 0 Å². The Morgan fingerprint density at radius 1 is 0.939 bits per heavy atom. The molecule has 0 aliphatic rings. The zero-order chi connectivity index (χ0) is 24.3. The zero-order valence-corrected chi connectivity index (χ0v) is 24.1. The van der Waals surface area contributed by atoms with Crippen LogP contribution in [-0.4, -0.2) is 38.6 Å². The third-order valence-corrected chi connectivity index (χ3v) is 22.3. The number of unbranched alkanes of at least 4 members (excludes halogenated alkanes) is 3. The van der Waals surface area contributed by atoms with Gasteiger partial charge in [-0.3, -0.25) is 0 Å². The quantitative estimate of drug-likeness (QED) is 0.186. The topological polar surface area (TPSA) is 65.7 Å². The predicted octanol–water partition coefficient (Wildman–Crippen LogP) is 6.35. The van der Waals surface area contributed by atoms with Gasteiger partial charge in [0.2, 0.25) is 0 Å². The number of methoxy groups -OCH3 is 2. The average Bonchev–Trinajstić information content (AvgIpc) is 2.83. The second kappa shape index (κ2) is 14.0. The van der Waals surface area contributed by atoms with Crippen molar-refractivity contribution in [3.05, 3.63) is 34.2 Å². The summed E-state index contributed by atoms with van der Waals surface area (Å²) < 4.78 is 22.1. The number of esters is 1. The van der Waals surface area contributed by atoms with E-state index < -0.39 is 18.4 Å². The van der Waals surface area contributed by atoms with Crippen LogP contribution in [0.2, 0.25) is 13.3 Å². The molecule has 0 aliphatic carbocycles. The van der Waals surface area contributed by atoms with Crippen LogP contribution in [0.25, 0.3) is 11.0 Å². The minimum atomic E-state index is -2.80. The van der Waals surface area contributed by atoms with Crippen LogP contribution in [0, 0.1) is 0 Å². The molecule has 0 fully saturated rings. The second-order valence-electron chi connectivity index (χ2n) is 9.12. The van der Waals surface area contributed by atoms with Gasteiger partial charge in [0.05, 0.1) is 0 Å². The molecule has 0 unspecified atom stereocenters. The summed E-state index contributed by atoms with van der Waals surface area (Å²) in [6.45, 7) is 6.80. The summed E-state index contributed by atoms with van der Waals surface area (Å²) in [6.07, 6.45) is 8.76. The number of aryl methyl sites for hydroxylation is 1. The number of hydrogen-bond acceptors (Lipinski definition) is 5. The molecular formula is C27H42O5Sn. The molecule has 1 heterocycles. The summed E-state index contributed by atoms with van der Waals surface area (Å²) in [5, 5.41) is 0.581. The van der Waals surface area contributed by atoms with Crippen molar-refractivity contribution in [2.24, 2.45) is 0 Å². The summed E-state index contributed by atoms with van der Waals surface area (Å²) in [5.41, 5.74) is 0.530. The number of hydrogen-bond donors (Lipinski definition) is 0. The average molecular weight is 565 g/mol. The number of ether oxygens (including phenoxy) is 2. The third kappa shape index (κ3) is 7.24. The van der Waals surface area contributed by atoms with Gasteiger partial charge in [0.1, 0.15) is 0 Å². The van der Waals surface area contributed by atoms with E-state index in [1.807, 2.05) is 6.07 Å².